The van der Waals surface area contributed by atoms with Crippen molar-refractivity contribution in [2.75, 3.05) is 39.3 Å². The Morgan fingerprint density at radius 3 is 2.74 bits per heavy atom. The Kier molecular flexibility index (Phi) is 5.35. The highest BCUT2D eigenvalue weighted by molar-refractivity contribution is 5.75. The van der Waals surface area contributed by atoms with E-state index in [0.29, 0.717) is 12.5 Å². The predicted molar refractivity (Wildman–Crippen MR) is 87.6 cm³/mol. The molecular formula is C17H25N3O3. The predicted octanol–water partition coefficient (Wildman–Crippen LogP) is 0.613. The molecule has 1 saturated heterocycles. The van der Waals surface area contributed by atoms with Gasteiger partial charge >= 0.3 is 0 Å². The number of ether oxygens (including phenoxy) is 2. The number of likely N-dealkylation sites (tertiary alicyclic amines) is 1. The second kappa shape index (κ2) is 7.66. The van der Waals surface area contributed by atoms with Gasteiger partial charge in [-0.3, -0.25) is 9.69 Å². The normalized spacial score (nSPS) is 22.0. The van der Waals surface area contributed by atoms with Crippen LogP contribution in [0.1, 0.15) is 12.8 Å². The molecule has 3 N–H and O–H groups in total. The lowest BCUT2D eigenvalue weighted by Gasteiger charge is -2.35. The Bertz CT molecular complexity index is 530. The minimum Gasteiger partial charge on any atom is -0.486 e. The molecule has 3 rings (SSSR count). The van der Waals surface area contributed by atoms with Crippen LogP contribution in [0.5, 0.6) is 11.5 Å². The van der Waals surface area contributed by atoms with Gasteiger partial charge in [-0.15, -0.1) is 0 Å². The van der Waals surface area contributed by atoms with E-state index >= 15 is 0 Å². The van der Waals surface area contributed by atoms with Crippen LogP contribution in [0.3, 0.4) is 0 Å². The third-order valence-corrected chi connectivity index (χ3v) is 4.47. The Labute approximate surface area is 136 Å². The quantitative estimate of drug-likeness (QED) is 0.803. The van der Waals surface area contributed by atoms with Gasteiger partial charge in [0.1, 0.15) is 12.7 Å². The zero-order valence-corrected chi connectivity index (χ0v) is 13.4. The van der Waals surface area contributed by atoms with Crippen molar-refractivity contribution in [2.24, 2.45) is 11.7 Å². The van der Waals surface area contributed by atoms with Crippen LogP contribution in [0, 0.1) is 5.92 Å². The number of hydrogen-bond acceptors (Lipinski definition) is 5. The fourth-order valence-electron chi connectivity index (χ4n) is 3.21. The molecule has 6 heteroatoms. The van der Waals surface area contributed by atoms with Gasteiger partial charge in [-0.25, -0.2) is 0 Å². The van der Waals surface area contributed by atoms with Crippen molar-refractivity contribution in [2.45, 2.75) is 18.9 Å². The number of amides is 1. The molecule has 0 aliphatic carbocycles. The van der Waals surface area contributed by atoms with Gasteiger partial charge in [0.05, 0.1) is 6.54 Å². The van der Waals surface area contributed by atoms with Crippen LogP contribution in [0.25, 0.3) is 0 Å². The number of nitrogens with one attached hydrogen (secondary N) is 1. The number of carbonyl (C=O) groups is 1. The van der Waals surface area contributed by atoms with E-state index < -0.39 is 0 Å². The summed E-state index contributed by atoms with van der Waals surface area (Å²) in [5.74, 6) is 2.00. The first-order valence-corrected chi connectivity index (χ1v) is 8.30. The highest BCUT2D eigenvalue weighted by atomic mass is 16.6. The van der Waals surface area contributed by atoms with Crippen molar-refractivity contribution >= 4 is 5.91 Å². The Balaban J connectivity index is 1.39. The first-order valence-electron chi connectivity index (χ1n) is 8.30. The molecule has 1 atom stereocenters. The largest absolute Gasteiger partial charge is 0.486 e. The first kappa shape index (κ1) is 16.1. The molecule has 1 aromatic carbocycles. The van der Waals surface area contributed by atoms with Crippen molar-refractivity contribution < 1.29 is 14.3 Å². The molecule has 2 heterocycles. The van der Waals surface area contributed by atoms with Gasteiger partial charge in [-0.05, 0) is 50.5 Å². The summed E-state index contributed by atoms with van der Waals surface area (Å²) < 4.78 is 11.8. The second-order valence-corrected chi connectivity index (χ2v) is 6.34. The number of carbonyl (C=O) groups excluding carboxylic acids is 1. The zero-order chi connectivity index (χ0) is 16.1. The zero-order valence-electron chi connectivity index (χ0n) is 13.4. The summed E-state index contributed by atoms with van der Waals surface area (Å²) in [7, 11) is 0. The summed E-state index contributed by atoms with van der Waals surface area (Å²) in [6, 6.07) is 7.82. The summed E-state index contributed by atoms with van der Waals surface area (Å²) in [6.07, 6.45) is 2.36. The van der Waals surface area contributed by atoms with E-state index in [9.17, 15) is 4.79 Å². The molecule has 0 bridgehead atoms. The lowest BCUT2D eigenvalue weighted by Crippen LogP contribution is -2.45. The highest BCUT2D eigenvalue weighted by Gasteiger charge is 2.25. The second-order valence-electron chi connectivity index (χ2n) is 6.34. The van der Waals surface area contributed by atoms with E-state index in [4.69, 9.17) is 15.2 Å². The number of primary amides is 1. The van der Waals surface area contributed by atoms with Gasteiger partial charge in [-0.1, -0.05) is 12.1 Å². The van der Waals surface area contributed by atoms with Crippen molar-refractivity contribution in [3.05, 3.63) is 24.3 Å². The number of hydrogen-bond donors (Lipinski definition) is 2. The van der Waals surface area contributed by atoms with E-state index in [2.05, 4.69) is 10.2 Å². The van der Waals surface area contributed by atoms with E-state index in [-0.39, 0.29) is 18.6 Å². The molecule has 1 amide bonds. The maximum absolute atomic E-state index is 10.7. The molecule has 1 aromatic rings. The highest BCUT2D eigenvalue weighted by Crippen LogP contribution is 2.31. The van der Waals surface area contributed by atoms with Crippen molar-refractivity contribution in [3.8, 4) is 11.5 Å². The molecule has 1 unspecified atom stereocenters. The molecule has 2 aliphatic rings. The number of nitrogens with two attached hydrogens (primary N) is 1. The summed E-state index contributed by atoms with van der Waals surface area (Å²) >= 11 is 0. The molecular weight excluding hydrogens is 294 g/mol. The van der Waals surface area contributed by atoms with Gasteiger partial charge < -0.3 is 20.5 Å². The van der Waals surface area contributed by atoms with Gasteiger partial charge in [0.25, 0.3) is 0 Å². The summed E-state index contributed by atoms with van der Waals surface area (Å²) in [4.78, 5) is 13.2. The average molecular weight is 319 g/mol. The van der Waals surface area contributed by atoms with Crippen LogP contribution in [0.15, 0.2) is 24.3 Å². The molecule has 126 valence electrons. The summed E-state index contributed by atoms with van der Waals surface area (Å²) in [5.41, 5.74) is 5.13. The Morgan fingerprint density at radius 2 is 2.00 bits per heavy atom. The average Bonchev–Trinajstić information content (AvgIpc) is 2.56. The summed E-state index contributed by atoms with van der Waals surface area (Å²) in [6.45, 7) is 4.77. The molecule has 0 radical (unpaired) electrons. The van der Waals surface area contributed by atoms with Gasteiger partial charge in [0.15, 0.2) is 11.5 Å². The molecule has 1 fully saturated rings. The van der Waals surface area contributed by atoms with E-state index in [1.165, 1.54) is 0 Å². The van der Waals surface area contributed by atoms with Crippen molar-refractivity contribution in [1.82, 2.24) is 10.2 Å². The maximum atomic E-state index is 10.7. The Morgan fingerprint density at radius 1 is 1.26 bits per heavy atom. The lowest BCUT2D eigenvalue weighted by molar-refractivity contribution is -0.117. The standard InChI is InChI=1S/C17H25N3O3/c18-17(21)10-19-9-13-5-7-20(8-6-13)11-14-12-22-15-3-1-2-4-16(15)23-14/h1-4,13-14,19H,5-12H2,(H2,18,21). The van der Waals surface area contributed by atoms with E-state index in [1.54, 1.807) is 0 Å². The molecule has 6 nitrogen and oxygen atoms in total. The molecule has 2 aliphatic heterocycles. The monoisotopic (exact) mass is 319 g/mol. The first-order chi connectivity index (χ1) is 11.2. The lowest BCUT2D eigenvalue weighted by atomic mass is 9.96. The number of fused-ring (bicyclic) bond motifs is 1. The van der Waals surface area contributed by atoms with E-state index in [0.717, 1.165) is 50.5 Å². The minimum atomic E-state index is -0.294. The summed E-state index contributed by atoms with van der Waals surface area (Å²) in [5, 5.41) is 3.12. The van der Waals surface area contributed by atoms with Crippen LogP contribution in [0.4, 0.5) is 0 Å². The minimum absolute atomic E-state index is 0.0921. The van der Waals surface area contributed by atoms with Crippen LogP contribution in [-0.4, -0.2) is 56.2 Å². The van der Waals surface area contributed by atoms with Gasteiger partial charge in [0.2, 0.25) is 5.91 Å². The fraction of sp³-hybridized carbons (Fsp3) is 0.588. The smallest absolute Gasteiger partial charge is 0.231 e. The number of piperidine rings is 1. The van der Waals surface area contributed by atoms with Crippen LogP contribution in [-0.2, 0) is 4.79 Å². The molecule has 0 saturated carbocycles. The van der Waals surface area contributed by atoms with Crippen LogP contribution >= 0.6 is 0 Å². The third kappa shape index (κ3) is 4.59. The topological polar surface area (TPSA) is 76.8 Å². The number of rotatable bonds is 6. The number of para-hydroxylation sites is 2. The van der Waals surface area contributed by atoms with Gasteiger partial charge in [0, 0.05) is 6.54 Å². The van der Waals surface area contributed by atoms with Crippen LogP contribution < -0.4 is 20.5 Å². The molecule has 23 heavy (non-hydrogen) atoms. The Hall–Kier alpha value is -1.79. The van der Waals surface area contributed by atoms with Crippen molar-refractivity contribution in [1.29, 1.82) is 0 Å². The SMILES string of the molecule is NC(=O)CNCC1CCN(CC2COc3ccccc3O2)CC1. The molecule has 0 aromatic heterocycles. The van der Waals surface area contributed by atoms with Crippen molar-refractivity contribution in [3.63, 3.8) is 0 Å². The maximum Gasteiger partial charge on any atom is 0.231 e. The molecule has 0 spiro atoms. The van der Waals surface area contributed by atoms with Crippen LogP contribution in [0.2, 0.25) is 0 Å². The number of nitrogens with zero attached hydrogens (tertiary/aromatic N) is 1. The van der Waals surface area contributed by atoms with Gasteiger partial charge in [-0.2, -0.15) is 0 Å². The third-order valence-electron chi connectivity index (χ3n) is 4.47. The van der Waals surface area contributed by atoms with E-state index in [1.807, 2.05) is 24.3 Å². The fourth-order valence-corrected chi connectivity index (χ4v) is 3.21. The number of benzene rings is 1.